The van der Waals surface area contributed by atoms with Gasteiger partial charge in [-0.1, -0.05) is 12.1 Å². The number of piperidine rings is 1. The van der Waals surface area contributed by atoms with E-state index in [1.807, 2.05) is 22.9 Å². The molecule has 0 bridgehead atoms. The zero-order chi connectivity index (χ0) is 16.8. The smallest absolute Gasteiger partial charge is 0.236 e. The standard InChI is InChI=1S/C18H27FN2O2/c1-14(6-7-15-4-3-5-16(19)12-15)20(2)13-18(23)21-10-8-17(22)9-11-21/h3-5,12,14,17,22H,6-11,13H2,1-2H3/t14-/m1/s1. The van der Waals surface area contributed by atoms with E-state index in [-0.39, 0.29) is 23.9 Å². The molecule has 1 aromatic carbocycles. The lowest BCUT2D eigenvalue weighted by atomic mass is 10.1. The number of amides is 1. The minimum Gasteiger partial charge on any atom is -0.393 e. The molecule has 1 heterocycles. The zero-order valence-corrected chi connectivity index (χ0v) is 14.0. The quantitative estimate of drug-likeness (QED) is 0.872. The Kier molecular flexibility index (Phi) is 6.54. The van der Waals surface area contributed by atoms with Crippen LogP contribution in [0.25, 0.3) is 0 Å². The van der Waals surface area contributed by atoms with Gasteiger partial charge in [-0.15, -0.1) is 0 Å². The Balaban J connectivity index is 1.75. The van der Waals surface area contributed by atoms with Gasteiger partial charge in [-0.3, -0.25) is 9.69 Å². The summed E-state index contributed by atoms with van der Waals surface area (Å²) < 4.78 is 13.2. The van der Waals surface area contributed by atoms with Gasteiger partial charge in [0.1, 0.15) is 5.82 Å². The molecule has 1 aromatic rings. The second-order valence-corrected chi connectivity index (χ2v) is 6.54. The summed E-state index contributed by atoms with van der Waals surface area (Å²) in [6.07, 6.45) is 2.76. The van der Waals surface area contributed by atoms with Gasteiger partial charge >= 0.3 is 0 Å². The van der Waals surface area contributed by atoms with Crippen molar-refractivity contribution in [2.45, 2.75) is 44.8 Å². The maximum atomic E-state index is 13.2. The van der Waals surface area contributed by atoms with Crippen molar-refractivity contribution in [3.63, 3.8) is 0 Å². The predicted molar refractivity (Wildman–Crippen MR) is 88.6 cm³/mol. The Bertz CT molecular complexity index is 515. The average Bonchev–Trinajstić information content (AvgIpc) is 2.53. The number of carbonyl (C=O) groups excluding carboxylic acids is 1. The Hall–Kier alpha value is -1.46. The van der Waals surface area contributed by atoms with Crippen LogP contribution in [-0.2, 0) is 11.2 Å². The van der Waals surface area contributed by atoms with Crippen LogP contribution in [0.1, 0.15) is 31.7 Å². The molecule has 128 valence electrons. The van der Waals surface area contributed by atoms with E-state index in [9.17, 15) is 14.3 Å². The molecule has 1 fully saturated rings. The topological polar surface area (TPSA) is 43.8 Å². The number of carbonyl (C=O) groups is 1. The number of benzene rings is 1. The van der Waals surface area contributed by atoms with Gasteiger partial charge in [0.15, 0.2) is 0 Å². The first-order valence-electron chi connectivity index (χ1n) is 8.36. The molecule has 0 aliphatic carbocycles. The van der Waals surface area contributed by atoms with E-state index in [0.717, 1.165) is 18.4 Å². The molecule has 0 unspecified atom stereocenters. The van der Waals surface area contributed by atoms with Gasteiger partial charge in [0.2, 0.25) is 5.91 Å². The third-order valence-electron chi connectivity index (χ3n) is 4.69. The van der Waals surface area contributed by atoms with Crippen LogP contribution in [0.4, 0.5) is 4.39 Å². The van der Waals surface area contributed by atoms with E-state index in [1.54, 1.807) is 12.1 Å². The SMILES string of the molecule is C[C@H](CCc1cccc(F)c1)N(C)CC(=O)N1CCC(O)CC1. The van der Waals surface area contributed by atoms with Crippen molar-refractivity contribution in [2.75, 3.05) is 26.7 Å². The summed E-state index contributed by atoms with van der Waals surface area (Å²) in [6.45, 7) is 3.77. The number of aliphatic hydroxyl groups is 1. The first kappa shape index (κ1) is 17.9. The van der Waals surface area contributed by atoms with E-state index in [1.165, 1.54) is 6.07 Å². The zero-order valence-electron chi connectivity index (χ0n) is 14.0. The van der Waals surface area contributed by atoms with Gasteiger partial charge in [-0.2, -0.15) is 0 Å². The number of aliphatic hydroxyl groups excluding tert-OH is 1. The van der Waals surface area contributed by atoms with Crippen LogP contribution in [0.2, 0.25) is 0 Å². The summed E-state index contributed by atoms with van der Waals surface area (Å²) in [4.78, 5) is 16.2. The Morgan fingerprint density at radius 2 is 2.13 bits per heavy atom. The number of likely N-dealkylation sites (N-methyl/N-ethyl adjacent to an activating group) is 1. The molecule has 0 spiro atoms. The summed E-state index contributed by atoms with van der Waals surface area (Å²) in [6, 6.07) is 6.93. The van der Waals surface area contributed by atoms with Gasteiger partial charge in [0.05, 0.1) is 12.6 Å². The molecule has 1 amide bonds. The van der Waals surface area contributed by atoms with E-state index in [2.05, 4.69) is 6.92 Å². The van der Waals surface area contributed by atoms with Crippen molar-refractivity contribution in [3.8, 4) is 0 Å². The fourth-order valence-corrected chi connectivity index (χ4v) is 2.87. The van der Waals surface area contributed by atoms with Gasteiger partial charge in [-0.25, -0.2) is 4.39 Å². The highest BCUT2D eigenvalue weighted by molar-refractivity contribution is 5.78. The molecule has 1 aliphatic heterocycles. The number of halogens is 1. The van der Waals surface area contributed by atoms with Crippen molar-refractivity contribution in [1.82, 2.24) is 9.80 Å². The molecular weight excluding hydrogens is 295 g/mol. The molecular formula is C18H27FN2O2. The summed E-state index contributed by atoms with van der Waals surface area (Å²) in [5, 5.41) is 9.50. The number of rotatable bonds is 6. The van der Waals surface area contributed by atoms with Crippen molar-refractivity contribution >= 4 is 5.91 Å². The summed E-state index contributed by atoms with van der Waals surface area (Å²) >= 11 is 0. The van der Waals surface area contributed by atoms with Crippen LogP contribution in [0.15, 0.2) is 24.3 Å². The molecule has 2 rings (SSSR count). The van der Waals surface area contributed by atoms with Crippen molar-refractivity contribution < 1.29 is 14.3 Å². The van der Waals surface area contributed by atoms with Gasteiger partial charge in [0, 0.05) is 19.1 Å². The molecule has 23 heavy (non-hydrogen) atoms. The van der Waals surface area contributed by atoms with Crippen LogP contribution >= 0.6 is 0 Å². The number of nitrogens with zero attached hydrogens (tertiary/aromatic N) is 2. The van der Waals surface area contributed by atoms with Gasteiger partial charge in [0.25, 0.3) is 0 Å². The van der Waals surface area contributed by atoms with Gasteiger partial charge in [-0.05, 0) is 57.4 Å². The largest absolute Gasteiger partial charge is 0.393 e. The highest BCUT2D eigenvalue weighted by atomic mass is 19.1. The lowest BCUT2D eigenvalue weighted by molar-refractivity contribution is -0.134. The second kappa shape index (κ2) is 8.41. The van der Waals surface area contributed by atoms with Crippen LogP contribution in [-0.4, -0.2) is 59.6 Å². The van der Waals surface area contributed by atoms with Crippen molar-refractivity contribution in [2.24, 2.45) is 0 Å². The maximum Gasteiger partial charge on any atom is 0.236 e. The molecule has 1 aliphatic rings. The molecule has 1 N–H and O–H groups in total. The van der Waals surface area contributed by atoms with Crippen LogP contribution in [0, 0.1) is 5.82 Å². The van der Waals surface area contributed by atoms with E-state index in [0.29, 0.717) is 32.5 Å². The predicted octanol–water partition coefficient (Wildman–Crippen LogP) is 2.06. The Labute approximate surface area is 137 Å². The highest BCUT2D eigenvalue weighted by Gasteiger charge is 2.23. The Morgan fingerprint density at radius 1 is 1.43 bits per heavy atom. The molecule has 1 atom stereocenters. The lowest BCUT2D eigenvalue weighted by Gasteiger charge is -2.32. The average molecular weight is 322 g/mol. The molecule has 0 saturated carbocycles. The van der Waals surface area contributed by atoms with Crippen LogP contribution in [0.3, 0.4) is 0 Å². The second-order valence-electron chi connectivity index (χ2n) is 6.54. The van der Waals surface area contributed by atoms with E-state index in [4.69, 9.17) is 0 Å². The molecule has 4 nitrogen and oxygen atoms in total. The molecule has 0 radical (unpaired) electrons. The molecule has 5 heteroatoms. The van der Waals surface area contributed by atoms with Gasteiger partial charge < -0.3 is 10.0 Å². The normalized spacial score (nSPS) is 17.5. The van der Waals surface area contributed by atoms with Crippen molar-refractivity contribution in [1.29, 1.82) is 0 Å². The highest BCUT2D eigenvalue weighted by Crippen LogP contribution is 2.13. The summed E-state index contributed by atoms with van der Waals surface area (Å²) in [5.74, 6) is -0.0806. The lowest BCUT2D eigenvalue weighted by Crippen LogP contribution is -2.46. The fourth-order valence-electron chi connectivity index (χ4n) is 2.87. The number of aryl methyl sites for hydroxylation is 1. The summed E-state index contributed by atoms with van der Waals surface area (Å²) in [5.41, 5.74) is 0.988. The third-order valence-corrected chi connectivity index (χ3v) is 4.69. The van der Waals surface area contributed by atoms with Crippen molar-refractivity contribution in [3.05, 3.63) is 35.6 Å². The fraction of sp³-hybridized carbons (Fsp3) is 0.611. The number of hydrogen-bond donors (Lipinski definition) is 1. The Morgan fingerprint density at radius 3 is 2.78 bits per heavy atom. The summed E-state index contributed by atoms with van der Waals surface area (Å²) in [7, 11) is 1.95. The minimum absolute atomic E-state index is 0.122. The molecule has 1 saturated heterocycles. The maximum absolute atomic E-state index is 13.2. The monoisotopic (exact) mass is 322 g/mol. The van der Waals surface area contributed by atoms with Crippen LogP contribution in [0.5, 0.6) is 0 Å². The minimum atomic E-state index is -0.262. The number of likely N-dealkylation sites (tertiary alicyclic amines) is 1. The number of hydrogen-bond acceptors (Lipinski definition) is 3. The molecule has 0 aromatic heterocycles. The third kappa shape index (κ3) is 5.59. The first-order chi connectivity index (χ1) is 11.0. The first-order valence-corrected chi connectivity index (χ1v) is 8.36. The van der Waals surface area contributed by atoms with Crippen LogP contribution < -0.4 is 0 Å². The van der Waals surface area contributed by atoms with E-state index < -0.39 is 0 Å². The van der Waals surface area contributed by atoms with E-state index >= 15 is 0 Å².